The molecule has 0 fully saturated rings. The number of hydrogen-bond acceptors (Lipinski definition) is 4. The van der Waals surface area contributed by atoms with Crippen molar-refractivity contribution in [3.63, 3.8) is 0 Å². The number of carbonyl (C=O) groups excluding carboxylic acids is 1. The van der Waals surface area contributed by atoms with Gasteiger partial charge in [0.25, 0.3) is 0 Å². The van der Waals surface area contributed by atoms with Gasteiger partial charge < -0.3 is 9.47 Å². The fourth-order valence-electron chi connectivity index (χ4n) is 1.75. The van der Waals surface area contributed by atoms with Crippen molar-refractivity contribution in [2.24, 2.45) is 0 Å². The van der Waals surface area contributed by atoms with Crippen LogP contribution in [-0.4, -0.2) is 25.2 Å². The van der Waals surface area contributed by atoms with Crippen molar-refractivity contribution in [2.75, 3.05) is 14.2 Å². The van der Waals surface area contributed by atoms with Crippen LogP contribution in [0.3, 0.4) is 0 Å². The van der Waals surface area contributed by atoms with Gasteiger partial charge in [-0.05, 0) is 18.2 Å². The Bertz CT molecular complexity index is 704. The van der Waals surface area contributed by atoms with Crippen molar-refractivity contribution < 1.29 is 14.3 Å². The number of benzene rings is 1. The van der Waals surface area contributed by atoms with Crippen molar-refractivity contribution in [3.05, 3.63) is 45.0 Å². The van der Waals surface area contributed by atoms with Gasteiger partial charge >= 0.3 is 5.97 Å². The van der Waals surface area contributed by atoms with E-state index in [0.29, 0.717) is 26.2 Å². The summed E-state index contributed by atoms with van der Waals surface area (Å²) < 4.78 is 9.75. The highest BCUT2D eigenvalue weighted by Gasteiger charge is 2.19. The third-order valence-electron chi connectivity index (χ3n) is 2.76. The Morgan fingerprint density at radius 2 is 1.67 bits per heavy atom. The van der Waals surface area contributed by atoms with Crippen LogP contribution in [0.4, 0.5) is 0 Å². The number of hydrogen-bond donors (Lipinski definition) is 0. The molecule has 0 saturated carbocycles. The van der Waals surface area contributed by atoms with E-state index >= 15 is 0 Å². The van der Waals surface area contributed by atoms with Gasteiger partial charge in [0, 0.05) is 17.2 Å². The lowest BCUT2D eigenvalue weighted by atomic mass is 10.0. The maximum absolute atomic E-state index is 11.9. The quantitative estimate of drug-likeness (QED) is 0.606. The zero-order valence-corrected chi connectivity index (χ0v) is 13.4. The summed E-state index contributed by atoms with van der Waals surface area (Å²) in [7, 11) is 2.72. The first-order chi connectivity index (χ1) is 9.97. The van der Waals surface area contributed by atoms with E-state index in [2.05, 4.69) is 4.98 Å². The summed E-state index contributed by atoms with van der Waals surface area (Å²) in [4.78, 5) is 16.0. The molecule has 1 heterocycles. The highest BCUT2D eigenvalue weighted by molar-refractivity contribution is 6.44. The summed E-state index contributed by atoms with van der Waals surface area (Å²) in [6, 6.07) is 6.35. The van der Waals surface area contributed by atoms with Gasteiger partial charge in [0.05, 0.1) is 29.3 Å². The fourth-order valence-corrected chi connectivity index (χ4v) is 2.40. The van der Waals surface area contributed by atoms with Crippen LogP contribution in [0.1, 0.15) is 10.5 Å². The van der Waals surface area contributed by atoms with E-state index < -0.39 is 5.97 Å². The van der Waals surface area contributed by atoms with Gasteiger partial charge in [0.2, 0.25) is 5.88 Å². The van der Waals surface area contributed by atoms with E-state index in [-0.39, 0.29) is 11.6 Å². The average molecular weight is 347 g/mol. The van der Waals surface area contributed by atoms with Crippen molar-refractivity contribution in [3.8, 4) is 17.0 Å². The first-order valence-electron chi connectivity index (χ1n) is 5.76. The van der Waals surface area contributed by atoms with Crippen molar-refractivity contribution >= 4 is 40.8 Å². The molecule has 110 valence electrons. The van der Waals surface area contributed by atoms with E-state index in [1.807, 2.05) is 0 Å². The molecule has 7 heteroatoms. The molecule has 2 rings (SSSR count). The van der Waals surface area contributed by atoms with E-state index in [4.69, 9.17) is 44.3 Å². The lowest BCUT2D eigenvalue weighted by Crippen LogP contribution is -2.07. The average Bonchev–Trinajstić information content (AvgIpc) is 2.49. The summed E-state index contributed by atoms with van der Waals surface area (Å²) in [5.41, 5.74) is 1.09. The predicted molar refractivity (Wildman–Crippen MR) is 82.6 cm³/mol. The second kappa shape index (κ2) is 6.52. The molecule has 0 aliphatic carbocycles. The van der Waals surface area contributed by atoms with Crippen molar-refractivity contribution in [2.45, 2.75) is 0 Å². The molecule has 0 aliphatic rings. The minimum absolute atomic E-state index is 0.0807. The largest absolute Gasteiger partial charge is 0.481 e. The molecule has 0 spiro atoms. The predicted octanol–water partition coefficient (Wildman–Crippen LogP) is 4.50. The van der Waals surface area contributed by atoms with E-state index in [9.17, 15) is 4.79 Å². The molecule has 0 atom stereocenters. The topological polar surface area (TPSA) is 48.4 Å². The number of methoxy groups -OCH3 is 2. The van der Waals surface area contributed by atoms with Crippen LogP contribution >= 0.6 is 34.8 Å². The summed E-state index contributed by atoms with van der Waals surface area (Å²) in [6.45, 7) is 0. The van der Waals surface area contributed by atoms with Crippen molar-refractivity contribution in [1.29, 1.82) is 0 Å². The van der Waals surface area contributed by atoms with Gasteiger partial charge in [-0.2, -0.15) is 0 Å². The molecule has 0 saturated heterocycles. The van der Waals surface area contributed by atoms with Gasteiger partial charge in [-0.3, -0.25) is 0 Å². The molecule has 0 N–H and O–H groups in total. The Labute approximate surface area is 136 Å². The maximum Gasteiger partial charge on any atom is 0.357 e. The number of halogens is 3. The Hall–Kier alpha value is -1.49. The Morgan fingerprint density at radius 1 is 1.00 bits per heavy atom. The molecule has 0 bridgehead atoms. The lowest BCUT2D eigenvalue weighted by molar-refractivity contribution is 0.0594. The number of esters is 1. The molecular weight excluding hydrogens is 337 g/mol. The molecule has 1 aromatic carbocycles. The minimum atomic E-state index is -0.606. The molecule has 2 aromatic rings. The molecule has 0 unspecified atom stereocenters. The number of aromatic nitrogens is 1. The zero-order valence-electron chi connectivity index (χ0n) is 11.1. The molecular formula is C14H10Cl3NO3. The van der Waals surface area contributed by atoms with Gasteiger partial charge in [0.15, 0.2) is 5.69 Å². The summed E-state index contributed by atoms with van der Waals surface area (Å²) >= 11 is 18.1. The van der Waals surface area contributed by atoms with Crippen LogP contribution in [0.15, 0.2) is 24.3 Å². The first-order valence-corrected chi connectivity index (χ1v) is 6.89. The van der Waals surface area contributed by atoms with Gasteiger partial charge in [0.1, 0.15) is 0 Å². The van der Waals surface area contributed by atoms with Gasteiger partial charge in [-0.1, -0.05) is 34.8 Å². The smallest absolute Gasteiger partial charge is 0.357 e. The highest BCUT2D eigenvalue weighted by atomic mass is 35.5. The number of pyridine rings is 1. The fraction of sp³-hybridized carbons (Fsp3) is 0.143. The normalized spacial score (nSPS) is 10.3. The Morgan fingerprint density at radius 3 is 2.29 bits per heavy atom. The van der Waals surface area contributed by atoms with Crippen LogP contribution in [0.25, 0.3) is 11.1 Å². The molecule has 1 aromatic heterocycles. The first kappa shape index (κ1) is 15.9. The molecule has 21 heavy (non-hydrogen) atoms. The minimum Gasteiger partial charge on any atom is -0.481 e. The Kier molecular flexibility index (Phi) is 4.93. The van der Waals surface area contributed by atoms with Crippen LogP contribution < -0.4 is 4.74 Å². The summed E-state index contributed by atoms with van der Waals surface area (Å²) in [5, 5.41) is 0.996. The summed E-state index contributed by atoms with van der Waals surface area (Å²) in [5.74, 6) is -0.318. The molecule has 4 nitrogen and oxygen atoms in total. The molecule has 0 aliphatic heterocycles. The number of ether oxygens (including phenoxy) is 2. The molecule has 0 amide bonds. The van der Waals surface area contributed by atoms with Crippen LogP contribution in [-0.2, 0) is 4.74 Å². The second-order valence-corrected chi connectivity index (χ2v) is 5.21. The Balaban J connectivity index is 2.68. The monoisotopic (exact) mass is 345 g/mol. The second-order valence-electron chi connectivity index (χ2n) is 3.99. The van der Waals surface area contributed by atoms with Crippen molar-refractivity contribution in [1.82, 2.24) is 4.98 Å². The zero-order chi connectivity index (χ0) is 15.6. The highest BCUT2D eigenvalue weighted by Crippen LogP contribution is 2.37. The molecule has 0 radical (unpaired) electrons. The standard InChI is InChI=1S/C14H10Cl3NO3/c1-20-12-4-3-7(13(18-12)14(19)21-2)8-5-10(16)11(17)6-9(8)15/h3-6H,1-2H3. The van der Waals surface area contributed by atoms with Gasteiger partial charge in [-0.25, -0.2) is 9.78 Å². The van der Waals surface area contributed by atoms with Crippen LogP contribution in [0, 0.1) is 0 Å². The van der Waals surface area contributed by atoms with Gasteiger partial charge in [-0.15, -0.1) is 0 Å². The van der Waals surface area contributed by atoms with E-state index in [0.717, 1.165) is 0 Å². The van der Waals surface area contributed by atoms with E-state index in [1.165, 1.54) is 20.3 Å². The maximum atomic E-state index is 11.9. The number of nitrogens with zero attached hydrogens (tertiary/aromatic N) is 1. The lowest BCUT2D eigenvalue weighted by Gasteiger charge is -2.11. The third-order valence-corrected chi connectivity index (χ3v) is 3.79. The summed E-state index contributed by atoms with van der Waals surface area (Å²) in [6.07, 6.45) is 0. The number of carbonyl (C=O) groups is 1. The number of rotatable bonds is 3. The van der Waals surface area contributed by atoms with Crippen LogP contribution in [0.5, 0.6) is 5.88 Å². The third kappa shape index (κ3) is 3.23. The van der Waals surface area contributed by atoms with E-state index in [1.54, 1.807) is 18.2 Å². The SMILES string of the molecule is COC(=O)c1nc(OC)ccc1-c1cc(Cl)c(Cl)cc1Cl. The van der Waals surface area contributed by atoms with Crippen LogP contribution in [0.2, 0.25) is 15.1 Å².